The number of hydrogen-bond acceptors (Lipinski definition) is 6. The van der Waals surface area contributed by atoms with E-state index in [2.05, 4.69) is 6.58 Å². The van der Waals surface area contributed by atoms with E-state index in [0.29, 0.717) is 11.1 Å². The first kappa shape index (κ1) is 20.1. The Morgan fingerprint density at radius 1 is 1.50 bits per heavy atom. The summed E-state index contributed by atoms with van der Waals surface area (Å²) >= 11 is 0. The van der Waals surface area contributed by atoms with E-state index in [4.69, 9.17) is 9.47 Å². The van der Waals surface area contributed by atoms with Gasteiger partial charge in [-0.3, -0.25) is 0 Å². The van der Waals surface area contributed by atoms with Crippen molar-refractivity contribution in [3.05, 3.63) is 47.6 Å². The molecule has 1 aliphatic heterocycles. The molecule has 6 nitrogen and oxygen atoms in total. The second-order valence-corrected chi connectivity index (χ2v) is 7.11. The van der Waals surface area contributed by atoms with Gasteiger partial charge in [-0.25, -0.2) is 9.59 Å². The second kappa shape index (κ2) is 7.60. The van der Waals surface area contributed by atoms with Crippen LogP contribution >= 0.6 is 0 Å². The molecule has 0 unspecified atom stereocenters. The van der Waals surface area contributed by atoms with Crippen molar-refractivity contribution in [1.29, 1.82) is 0 Å². The maximum atomic E-state index is 12.3. The number of aliphatic hydroxyl groups is 2. The summed E-state index contributed by atoms with van der Waals surface area (Å²) in [7, 11) is 0. The fourth-order valence-electron chi connectivity index (χ4n) is 3.05. The number of ether oxygens (including phenoxy) is 2. The van der Waals surface area contributed by atoms with Crippen LogP contribution in [0.1, 0.15) is 34.1 Å². The Kier molecular flexibility index (Phi) is 5.88. The van der Waals surface area contributed by atoms with E-state index in [1.807, 2.05) is 0 Å². The second-order valence-electron chi connectivity index (χ2n) is 7.11. The van der Waals surface area contributed by atoms with E-state index < -0.39 is 41.8 Å². The van der Waals surface area contributed by atoms with Crippen molar-refractivity contribution in [1.82, 2.24) is 0 Å². The SMILES string of the molecule is C=C1C(=O)O[C@H]2/C=C(/C)[C@H](O)/C=C\[C@](C)(O)C[C@@H](OC(=O)/C(C)=C/C)[C@@H]12. The first-order valence-corrected chi connectivity index (χ1v) is 8.57. The monoisotopic (exact) mass is 362 g/mol. The summed E-state index contributed by atoms with van der Waals surface area (Å²) in [5.41, 5.74) is -0.188. The third-order valence-corrected chi connectivity index (χ3v) is 4.82. The lowest BCUT2D eigenvalue weighted by atomic mass is 9.82. The highest BCUT2D eigenvalue weighted by molar-refractivity contribution is 5.92. The fraction of sp³-hybridized carbons (Fsp3) is 0.500. The number of aliphatic hydroxyl groups excluding tert-OH is 1. The molecule has 0 aromatic carbocycles. The molecular weight excluding hydrogens is 336 g/mol. The molecule has 1 fully saturated rings. The summed E-state index contributed by atoms with van der Waals surface area (Å²) in [5.74, 6) is -1.74. The van der Waals surface area contributed by atoms with Crippen LogP contribution in [0.25, 0.3) is 0 Å². The van der Waals surface area contributed by atoms with Gasteiger partial charge in [0.15, 0.2) is 0 Å². The zero-order valence-corrected chi connectivity index (χ0v) is 15.6. The Hall–Kier alpha value is -2.18. The summed E-state index contributed by atoms with van der Waals surface area (Å²) < 4.78 is 11.0. The predicted octanol–water partition coefficient (Wildman–Crippen LogP) is 1.98. The van der Waals surface area contributed by atoms with Crippen LogP contribution in [-0.4, -0.2) is 46.1 Å². The Balaban J connectivity index is 2.48. The smallest absolute Gasteiger partial charge is 0.334 e. The van der Waals surface area contributed by atoms with E-state index in [9.17, 15) is 19.8 Å². The summed E-state index contributed by atoms with van der Waals surface area (Å²) in [6, 6.07) is 0. The maximum absolute atomic E-state index is 12.3. The van der Waals surface area contributed by atoms with E-state index in [-0.39, 0.29) is 12.0 Å². The van der Waals surface area contributed by atoms with Gasteiger partial charge in [0.2, 0.25) is 0 Å². The maximum Gasteiger partial charge on any atom is 0.334 e. The molecule has 26 heavy (non-hydrogen) atoms. The number of fused-ring (bicyclic) bond motifs is 1. The zero-order chi connectivity index (χ0) is 19.6. The minimum absolute atomic E-state index is 0.0304. The number of rotatable bonds is 2. The fourth-order valence-corrected chi connectivity index (χ4v) is 3.05. The lowest BCUT2D eigenvalue weighted by Crippen LogP contribution is -2.40. The van der Waals surface area contributed by atoms with Gasteiger partial charge in [-0.05, 0) is 39.3 Å². The molecule has 0 bridgehead atoms. The van der Waals surface area contributed by atoms with Gasteiger partial charge >= 0.3 is 11.9 Å². The highest BCUT2D eigenvalue weighted by Gasteiger charge is 2.46. The van der Waals surface area contributed by atoms with Gasteiger partial charge in [0.1, 0.15) is 12.2 Å². The van der Waals surface area contributed by atoms with Crippen LogP contribution < -0.4 is 0 Å². The average molecular weight is 362 g/mol. The Labute approximate surface area is 153 Å². The summed E-state index contributed by atoms with van der Waals surface area (Å²) in [6.07, 6.45) is 3.77. The normalized spacial score (nSPS) is 38.7. The van der Waals surface area contributed by atoms with Crippen molar-refractivity contribution in [3.63, 3.8) is 0 Å². The Bertz CT molecular complexity index is 697. The van der Waals surface area contributed by atoms with Crippen molar-refractivity contribution in [2.24, 2.45) is 5.92 Å². The van der Waals surface area contributed by atoms with Crippen molar-refractivity contribution < 1.29 is 29.3 Å². The molecule has 2 rings (SSSR count). The quantitative estimate of drug-likeness (QED) is 0.443. The Morgan fingerprint density at radius 3 is 2.77 bits per heavy atom. The first-order chi connectivity index (χ1) is 12.1. The molecule has 2 aliphatic rings. The third kappa shape index (κ3) is 4.31. The van der Waals surface area contributed by atoms with E-state index in [1.165, 1.54) is 12.2 Å². The van der Waals surface area contributed by atoms with Crippen molar-refractivity contribution in [2.75, 3.05) is 0 Å². The lowest BCUT2D eigenvalue weighted by Gasteiger charge is -2.32. The molecule has 142 valence electrons. The van der Waals surface area contributed by atoms with Crippen LogP contribution in [0.4, 0.5) is 0 Å². The van der Waals surface area contributed by atoms with Gasteiger partial charge in [0, 0.05) is 17.6 Å². The molecule has 0 radical (unpaired) electrons. The third-order valence-electron chi connectivity index (χ3n) is 4.82. The number of allylic oxidation sites excluding steroid dienone is 1. The van der Waals surface area contributed by atoms with Crippen LogP contribution in [0.2, 0.25) is 0 Å². The van der Waals surface area contributed by atoms with E-state index in [1.54, 1.807) is 39.8 Å². The standard InChI is InChI=1S/C20H26O6/c1-6-11(2)18(22)26-16-10-20(5,24)8-7-14(21)12(3)9-15-17(16)13(4)19(23)25-15/h6-9,14-17,21,24H,4,10H2,1-3,5H3/b8-7-,11-6+,12-9-/t14-,15+,16-,17+,20+/m1/s1. The Morgan fingerprint density at radius 2 is 2.15 bits per heavy atom. The van der Waals surface area contributed by atoms with Crippen molar-refractivity contribution in [2.45, 2.75) is 58.0 Å². The number of carbonyl (C=O) groups is 2. The van der Waals surface area contributed by atoms with Crippen LogP contribution in [0.5, 0.6) is 0 Å². The molecule has 6 heteroatoms. The predicted molar refractivity (Wildman–Crippen MR) is 96.0 cm³/mol. The number of hydrogen-bond donors (Lipinski definition) is 2. The number of carbonyl (C=O) groups excluding carboxylic acids is 2. The van der Waals surface area contributed by atoms with E-state index in [0.717, 1.165) is 0 Å². The molecule has 0 spiro atoms. The molecule has 1 aliphatic carbocycles. The molecule has 1 heterocycles. The van der Waals surface area contributed by atoms with Crippen LogP contribution in [-0.2, 0) is 19.1 Å². The van der Waals surface area contributed by atoms with Gasteiger partial charge in [-0.15, -0.1) is 0 Å². The largest absolute Gasteiger partial charge is 0.458 e. The lowest BCUT2D eigenvalue weighted by molar-refractivity contribution is -0.150. The topological polar surface area (TPSA) is 93.1 Å². The van der Waals surface area contributed by atoms with Crippen LogP contribution in [0.3, 0.4) is 0 Å². The molecule has 2 N–H and O–H groups in total. The number of esters is 2. The van der Waals surface area contributed by atoms with Crippen molar-refractivity contribution >= 4 is 11.9 Å². The van der Waals surface area contributed by atoms with Gasteiger partial charge < -0.3 is 19.7 Å². The molecular formula is C20H26O6. The minimum Gasteiger partial charge on any atom is -0.458 e. The zero-order valence-electron chi connectivity index (χ0n) is 15.6. The molecule has 5 atom stereocenters. The van der Waals surface area contributed by atoms with Gasteiger partial charge in [-0.2, -0.15) is 0 Å². The van der Waals surface area contributed by atoms with Gasteiger partial charge in [-0.1, -0.05) is 24.8 Å². The van der Waals surface area contributed by atoms with Crippen LogP contribution in [0.15, 0.2) is 47.6 Å². The van der Waals surface area contributed by atoms with Crippen LogP contribution in [0, 0.1) is 5.92 Å². The minimum atomic E-state index is -1.36. The summed E-state index contributed by atoms with van der Waals surface area (Å²) in [6.45, 7) is 10.4. The van der Waals surface area contributed by atoms with E-state index >= 15 is 0 Å². The molecule has 0 aromatic rings. The first-order valence-electron chi connectivity index (χ1n) is 8.57. The van der Waals surface area contributed by atoms with Gasteiger partial charge in [0.05, 0.1) is 17.6 Å². The highest BCUT2D eigenvalue weighted by Crippen LogP contribution is 2.37. The summed E-state index contributed by atoms with van der Waals surface area (Å²) in [4.78, 5) is 24.4. The molecule has 0 aromatic heterocycles. The highest BCUT2D eigenvalue weighted by atomic mass is 16.6. The molecule has 0 saturated carbocycles. The van der Waals surface area contributed by atoms with Gasteiger partial charge in [0.25, 0.3) is 0 Å². The molecule has 0 amide bonds. The van der Waals surface area contributed by atoms with Crippen molar-refractivity contribution in [3.8, 4) is 0 Å². The summed E-state index contributed by atoms with van der Waals surface area (Å²) in [5, 5.41) is 20.9. The average Bonchev–Trinajstić information content (AvgIpc) is 2.84. The molecule has 1 saturated heterocycles.